The number of nitrogens with zero attached hydrogens (tertiary/aromatic N) is 2. The molecule has 2 saturated heterocycles. The Kier molecular flexibility index (Phi) is 5.96. The fraction of sp³-hybridized carbons (Fsp3) is 0.632. The Morgan fingerprint density at radius 2 is 1.91 bits per heavy atom. The molecule has 1 unspecified atom stereocenters. The number of rotatable bonds is 3. The van der Waals surface area contributed by atoms with Crippen molar-refractivity contribution < 1.29 is 4.79 Å². The van der Waals surface area contributed by atoms with Crippen LogP contribution in [0.2, 0.25) is 0 Å². The topological polar surface area (TPSA) is 23.6 Å². The number of benzene rings is 1. The van der Waals surface area contributed by atoms with Crippen LogP contribution in [0.3, 0.4) is 0 Å². The van der Waals surface area contributed by atoms with Crippen LogP contribution in [0.25, 0.3) is 0 Å². The lowest BCUT2D eigenvalue weighted by molar-refractivity contribution is 0.0621. The van der Waals surface area contributed by atoms with E-state index >= 15 is 0 Å². The van der Waals surface area contributed by atoms with Gasteiger partial charge in [-0.3, -0.25) is 4.79 Å². The lowest BCUT2D eigenvalue weighted by Gasteiger charge is -2.38. The average molecular weight is 426 g/mol. The van der Waals surface area contributed by atoms with Gasteiger partial charge in [0.2, 0.25) is 0 Å². The van der Waals surface area contributed by atoms with Crippen molar-refractivity contribution in [2.24, 2.45) is 11.8 Å². The SMILES string of the molecule is CC1CCN(CC2CCCN(C(=O)c3ccccc3I)C2)CC1. The normalized spacial score (nSPS) is 23.9. The molecular weight excluding hydrogens is 399 g/mol. The van der Waals surface area contributed by atoms with Gasteiger partial charge in [-0.2, -0.15) is 0 Å². The van der Waals surface area contributed by atoms with Gasteiger partial charge in [0.1, 0.15) is 0 Å². The zero-order valence-electron chi connectivity index (χ0n) is 14.0. The van der Waals surface area contributed by atoms with Gasteiger partial charge in [-0.15, -0.1) is 0 Å². The summed E-state index contributed by atoms with van der Waals surface area (Å²) in [6, 6.07) is 7.94. The molecule has 3 rings (SSSR count). The Morgan fingerprint density at radius 1 is 1.17 bits per heavy atom. The first kappa shape index (κ1) is 17.2. The quantitative estimate of drug-likeness (QED) is 0.686. The number of halogens is 1. The number of hydrogen-bond donors (Lipinski definition) is 0. The maximum Gasteiger partial charge on any atom is 0.254 e. The molecule has 0 radical (unpaired) electrons. The van der Waals surface area contributed by atoms with Gasteiger partial charge in [-0.05, 0) is 85.3 Å². The van der Waals surface area contributed by atoms with Gasteiger partial charge in [-0.25, -0.2) is 0 Å². The summed E-state index contributed by atoms with van der Waals surface area (Å²) in [7, 11) is 0. The largest absolute Gasteiger partial charge is 0.338 e. The number of hydrogen-bond acceptors (Lipinski definition) is 2. The second-order valence-electron chi connectivity index (χ2n) is 7.22. The number of amides is 1. The van der Waals surface area contributed by atoms with Crippen molar-refractivity contribution in [3.63, 3.8) is 0 Å². The van der Waals surface area contributed by atoms with E-state index in [2.05, 4.69) is 39.3 Å². The lowest BCUT2D eigenvalue weighted by atomic mass is 9.94. The van der Waals surface area contributed by atoms with Crippen molar-refractivity contribution in [3.05, 3.63) is 33.4 Å². The average Bonchev–Trinajstić information content (AvgIpc) is 2.57. The van der Waals surface area contributed by atoms with Crippen LogP contribution in [0.4, 0.5) is 0 Å². The molecule has 126 valence electrons. The van der Waals surface area contributed by atoms with Crippen molar-refractivity contribution in [3.8, 4) is 0 Å². The van der Waals surface area contributed by atoms with Gasteiger partial charge in [0.05, 0.1) is 5.56 Å². The maximum atomic E-state index is 12.8. The molecule has 1 aromatic rings. The monoisotopic (exact) mass is 426 g/mol. The van der Waals surface area contributed by atoms with Crippen LogP contribution in [0.1, 0.15) is 43.0 Å². The van der Waals surface area contributed by atoms with E-state index in [0.717, 1.165) is 34.6 Å². The van der Waals surface area contributed by atoms with E-state index in [1.165, 1.54) is 38.9 Å². The standard InChI is InChI=1S/C19H27IN2O/c1-15-8-11-21(12-9-15)13-16-5-4-10-22(14-16)19(23)17-6-2-3-7-18(17)20/h2-3,6-7,15-16H,4-5,8-14H2,1H3. The first-order chi connectivity index (χ1) is 11.1. The molecule has 0 spiro atoms. The second kappa shape index (κ2) is 7.97. The zero-order valence-corrected chi connectivity index (χ0v) is 16.2. The van der Waals surface area contributed by atoms with E-state index < -0.39 is 0 Å². The van der Waals surface area contributed by atoms with Gasteiger partial charge < -0.3 is 9.80 Å². The summed E-state index contributed by atoms with van der Waals surface area (Å²) in [5.41, 5.74) is 0.862. The summed E-state index contributed by atoms with van der Waals surface area (Å²) in [5.74, 6) is 1.74. The molecular formula is C19H27IN2O. The lowest BCUT2D eigenvalue weighted by Crippen LogP contribution is -2.45. The molecule has 2 aliphatic heterocycles. The Hall–Kier alpha value is -0.620. The third kappa shape index (κ3) is 4.47. The second-order valence-corrected chi connectivity index (χ2v) is 8.38. The summed E-state index contributed by atoms with van der Waals surface area (Å²) in [5, 5.41) is 0. The highest BCUT2D eigenvalue weighted by Crippen LogP contribution is 2.23. The highest BCUT2D eigenvalue weighted by atomic mass is 127. The van der Waals surface area contributed by atoms with Gasteiger partial charge in [-0.1, -0.05) is 19.1 Å². The predicted octanol–water partition coefficient (Wildman–Crippen LogP) is 3.88. The first-order valence-corrected chi connectivity index (χ1v) is 9.97. The van der Waals surface area contributed by atoms with E-state index in [9.17, 15) is 4.79 Å². The first-order valence-electron chi connectivity index (χ1n) is 8.89. The predicted molar refractivity (Wildman–Crippen MR) is 103 cm³/mol. The van der Waals surface area contributed by atoms with Crippen molar-refractivity contribution in [1.29, 1.82) is 0 Å². The minimum absolute atomic E-state index is 0.215. The highest BCUT2D eigenvalue weighted by Gasteiger charge is 2.27. The van der Waals surface area contributed by atoms with Gasteiger partial charge in [0.25, 0.3) is 5.91 Å². The Balaban J connectivity index is 1.58. The van der Waals surface area contributed by atoms with E-state index in [0.29, 0.717) is 5.92 Å². The number of carbonyl (C=O) groups excluding carboxylic acids is 1. The molecule has 1 amide bonds. The van der Waals surface area contributed by atoms with E-state index in [-0.39, 0.29) is 5.91 Å². The molecule has 1 aromatic carbocycles. The van der Waals surface area contributed by atoms with Crippen LogP contribution in [-0.2, 0) is 0 Å². The summed E-state index contributed by atoms with van der Waals surface area (Å²) >= 11 is 2.27. The summed E-state index contributed by atoms with van der Waals surface area (Å²) in [6.07, 6.45) is 5.07. The summed E-state index contributed by atoms with van der Waals surface area (Å²) in [4.78, 5) is 17.5. The molecule has 2 heterocycles. The maximum absolute atomic E-state index is 12.8. The summed E-state index contributed by atoms with van der Waals surface area (Å²) < 4.78 is 1.06. The van der Waals surface area contributed by atoms with E-state index in [1.54, 1.807) is 0 Å². The van der Waals surface area contributed by atoms with Crippen LogP contribution < -0.4 is 0 Å². The molecule has 0 aliphatic carbocycles. The Bertz CT molecular complexity index is 540. The molecule has 0 aromatic heterocycles. The van der Waals surface area contributed by atoms with Crippen LogP contribution in [-0.4, -0.2) is 48.4 Å². The fourth-order valence-electron chi connectivity index (χ4n) is 3.81. The summed E-state index contributed by atoms with van der Waals surface area (Å²) in [6.45, 7) is 7.85. The highest BCUT2D eigenvalue weighted by molar-refractivity contribution is 14.1. The van der Waals surface area contributed by atoms with E-state index in [1.807, 2.05) is 24.3 Å². The minimum Gasteiger partial charge on any atom is -0.338 e. The van der Waals surface area contributed by atoms with Crippen molar-refractivity contribution in [1.82, 2.24) is 9.80 Å². The van der Waals surface area contributed by atoms with Crippen LogP contribution in [0, 0.1) is 15.4 Å². The molecule has 0 N–H and O–H groups in total. The van der Waals surface area contributed by atoms with Crippen LogP contribution in [0.5, 0.6) is 0 Å². The fourth-order valence-corrected chi connectivity index (χ4v) is 4.43. The smallest absolute Gasteiger partial charge is 0.254 e. The van der Waals surface area contributed by atoms with E-state index in [4.69, 9.17) is 0 Å². The van der Waals surface area contributed by atoms with Crippen molar-refractivity contribution in [2.45, 2.75) is 32.6 Å². The third-order valence-corrected chi connectivity index (χ3v) is 6.24. The molecule has 23 heavy (non-hydrogen) atoms. The zero-order chi connectivity index (χ0) is 16.2. The number of likely N-dealkylation sites (tertiary alicyclic amines) is 2. The molecule has 0 saturated carbocycles. The molecule has 3 nitrogen and oxygen atoms in total. The number of carbonyl (C=O) groups is 1. The molecule has 2 aliphatic rings. The van der Waals surface area contributed by atoms with Gasteiger partial charge >= 0.3 is 0 Å². The van der Waals surface area contributed by atoms with Crippen molar-refractivity contribution in [2.75, 3.05) is 32.7 Å². The Labute approximate surface area is 153 Å². The molecule has 1 atom stereocenters. The Morgan fingerprint density at radius 3 is 2.65 bits per heavy atom. The van der Waals surface area contributed by atoms with Crippen molar-refractivity contribution >= 4 is 28.5 Å². The number of piperidine rings is 2. The molecule has 2 fully saturated rings. The van der Waals surface area contributed by atoms with Crippen LogP contribution in [0.15, 0.2) is 24.3 Å². The van der Waals surface area contributed by atoms with Crippen LogP contribution >= 0.6 is 22.6 Å². The van der Waals surface area contributed by atoms with Gasteiger partial charge in [0.15, 0.2) is 0 Å². The molecule has 0 bridgehead atoms. The van der Waals surface area contributed by atoms with Gasteiger partial charge in [0, 0.05) is 23.2 Å². The minimum atomic E-state index is 0.215. The molecule has 4 heteroatoms. The third-order valence-electron chi connectivity index (χ3n) is 5.30.